The van der Waals surface area contributed by atoms with Crippen LogP contribution in [-0.2, 0) is 14.3 Å². The highest BCUT2D eigenvalue weighted by atomic mass is 16.5. The fourth-order valence-electron chi connectivity index (χ4n) is 1.23. The Morgan fingerprint density at radius 1 is 1.12 bits per heavy atom. The summed E-state index contributed by atoms with van der Waals surface area (Å²) in [6, 6.07) is 0. The van der Waals surface area contributed by atoms with E-state index in [1.165, 1.54) is 11.8 Å². The molecule has 0 unspecified atom stereocenters. The summed E-state index contributed by atoms with van der Waals surface area (Å²) in [6.45, 7) is 6.74. The first kappa shape index (κ1) is 14.9. The van der Waals surface area contributed by atoms with E-state index in [1.54, 1.807) is 0 Å². The Bertz CT molecular complexity index is 216. The lowest BCUT2D eigenvalue weighted by atomic mass is 10.3. The van der Waals surface area contributed by atoms with Gasteiger partial charge in [-0.25, -0.2) is 0 Å². The number of ether oxygens (including phenoxy) is 1. The van der Waals surface area contributed by atoms with Crippen molar-refractivity contribution in [2.75, 3.05) is 19.7 Å². The van der Waals surface area contributed by atoms with E-state index in [0.717, 1.165) is 25.7 Å². The van der Waals surface area contributed by atoms with Crippen molar-refractivity contribution in [1.82, 2.24) is 4.90 Å². The van der Waals surface area contributed by atoms with Crippen LogP contribution in [0.25, 0.3) is 0 Å². The Hall–Kier alpha value is -1.06. The zero-order valence-electron chi connectivity index (χ0n) is 10.6. The van der Waals surface area contributed by atoms with Crippen molar-refractivity contribution < 1.29 is 14.3 Å². The summed E-state index contributed by atoms with van der Waals surface area (Å²) in [5.41, 5.74) is 0. The summed E-state index contributed by atoms with van der Waals surface area (Å²) in [5, 5.41) is 0. The van der Waals surface area contributed by atoms with Crippen LogP contribution < -0.4 is 0 Å². The monoisotopic (exact) mass is 229 g/mol. The summed E-state index contributed by atoms with van der Waals surface area (Å²) in [5.74, 6) is -0.374. The highest BCUT2D eigenvalue weighted by molar-refractivity contribution is 5.80. The Labute approximate surface area is 98.0 Å². The molecule has 0 aromatic carbocycles. The van der Waals surface area contributed by atoms with E-state index < -0.39 is 0 Å². The molecule has 94 valence electrons. The van der Waals surface area contributed by atoms with Crippen LogP contribution in [0, 0.1) is 0 Å². The molecule has 0 aliphatic rings. The molecule has 0 N–H and O–H groups in total. The number of carbonyl (C=O) groups excluding carboxylic acids is 2. The van der Waals surface area contributed by atoms with Crippen molar-refractivity contribution in [3.05, 3.63) is 0 Å². The Balaban J connectivity index is 3.88. The third-order valence-electron chi connectivity index (χ3n) is 2.31. The van der Waals surface area contributed by atoms with Gasteiger partial charge in [0.1, 0.15) is 6.54 Å². The van der Waals surface area contributed by atoms with Crippen LogP contribution in [0.3, 0.4) is 0 Å². The first-order chi connectivity index (χ1) is 7.61. The maximum Gasteiger partial charge on any atom is 0.325 e. The molecule has 0 aliphatic carbocycles. The Kier molecular flexibility index (Phi) is 8.58. The van der Waals surface area contributed by atoms with Gasteiger partial charge in [-0.15, -0.1) is 0 Å². The Morgan fingerprint density at radius 2 is 1.75 bits per heavy atom. The summed E-state index contributed by atoms with van der Waals surface area (Å²) >= 11 is 0. The third kappa shape index (κ3) is 7.26. The Morgan fingerprint density at radius 3 is 2.25 bits per heavy atom. The number of hydrogen-bond donors (Lipinski definition) is 0. The van der Waals surface area contributed by atoms with Crippen molar-refractivity contribution in [2.24, 2.45) is 0 Å². The SMILES string of the molecule is CCCCOC(=O)CN(CCCC)C(C)=O. The summed E-state index contributed by atoms with van der Waals surface area (Å²) < 4.78 is 5.01. The van der Waals surface area contributed by atoms with Crippen LogP contribution in [0.4, 0.5) is 0 Å². The minimum atomic E-state index is -0.306. The van der Waals surface area contributed by atoms with E-state index in [0.29, 0.717) is 13.2 Å². The molecule has 16 heavy (non-hydrogen) atoms. The van der Waals surface area contributed by atoms with Gasteiger partial charge in [-0.3, -0.25) is 9.59 Å². The van der Waals surface area contributed by atoms with E-state index >= 15 is 0 Å². The van der Waals surface area contributed by atoms with Crippen LogP contribution in [0.2, 0.25) is 0 Å². The van der Waals surface area contributed by atoms with E-state index in [9.17, 15) is 9.59 Å². The smallest absolute Gasteiger partial charge is 0.325 e. The molecule has 0 bridgehead atoms. The summed E-state index contributed by atoms with van der Waals surface area (Å²) in [4.78, 5) is 24.2. The zero-order valence-corrected chi connectivity index (χ0v) is 10.6. The van der Waals surface area contributed by atoms with E-state index in [-0.39, 0.29) is 18.4 Å². The average molecular weight is 229 g/mol. The predicted molar refractivity (Wildman–Crippen MR) is 63.0 cm³/mol. The molecule has 0 heterocycles. The maximum atomic E-state index is 11.4. The second kappa shape index (κ2) is 9.19. The molecule has 0 fully saturated rings. The van der Waals surface area contributed by atoms with Crippen molar-refractivity contribution in [3.8, 4) is 0 Å². The highest BCUT2D eigenvalue weighted by Crippen LogP contribution is 1.97. The number of esters is 1. The molecular formula is C12H23NO3. The van der Waals surface area contributed by atoms with Gasteiger partial charge in [0.15, 0.2) is 0 Å². The van der Waals surface area contributed by atoms with Gasteiger partial charge in [0.25, 0.3) is 0 Å². The molecule has 0 aromatic heterocycles. The molecule has 0 saturated carbocycles. The molecular weight excluding hydrogens is 206 g/mol. The van der Waals surface area contributed by atoms with Crippen LogP contribution in [0.1, 0.15) is 46.5 Å². The highest BCUT2D eigenvalue weighted by Gasteiger charge is 2.13. The third-order valence-corrected chi connectivity index (χ3v) is 2.31. The molecule has 0 aliphatic heterocycles. The van der Waals surface area contributed by atoms with Gasteiger partial charge >= 0.3 is 5.97 Å². The van der Waals surface area contributed by atoms with E-state index in [2.05, 4.69) is 6.92 Å². The van der Waals surface area contributed by atoms with Gasteiger partial charge in [0.05, 0.1) is 6.61 Å². The van der Waals surface area contributed by atoms with Crippen molar-refractivity contribution in [1.29, 1.82) is 0 Å². The number of hydrogen-bond acceptors (Lipinski definition) is 3. The molecule has 0 aromatic rings. The molecule has 0 radical (unpaired) electrons. The standard InChI is InChI=1S/C12H23NO3/c1-4-6-8-13(11(3)14)10-12(15)16-9-7-5-2/h4-10H2,1-3H3. The topological polar surface area (TPSA) is 46.6 Å². The van der Waals surface area contributed by atoms with Crippen molar-refractivity contribution >= 4 is 11.9 Å². The van der Waals surface area contributed by atoms with Gasteiger partial charge in [-0.2, -0.15) is 0 Å². The molecule has 4 nitrogen and oxygen atoms in total. The summed E-state index contributed by atoms with van der Waals surface area (Å²) in [6.07, 6.45) is 3.80. The molecule has 0 atom stereocenters. The maximum absolute atomic E-state index is 11.4. The average Bonchev–Trinajstić information content (AvgIpc) is 2.24. The van der Waals surface area contributed by atoms with Crippen LogP contribution in [0.5, 0.6) is 0 Å². The van der Waals surface area contributed by atoms with E-state index in [1.807, 2.05) is 6.92 Å². The minimum Gasteiger partial charge on any atom is -0.464 e. The van der Waals surface area contributed by atoms with Gasteiger partial charge in [-0.05, 0) is 12.8 Å². The number of carbonyl (C=O) groups is 2. The molecule has 1 amide bonds. The molecule has 0 spiro atoms. The number of unbranched alkanes of at least 4 members (excludes halogenated alkanes) is 2. The lowest BCUT2D eigenvalue weighted by molar-refractivity contribution is -0.148. The van der Waals surface area contributed by atoms with Gasteiger partial charge in [-0.1, -0.05) is 26.7 Å². The van der Waals surface area contributed by atoms with Crippen LogP contribution >= 0.6 is 0 Å². The van der Waals surface area contributed by atoms with Gasteiger partial charge < -0.3 is 9.64 Å². The quantitative estimate of drug-likeness (QED) is 0.472. The fourth-order valence-corrected chi connectivity index (χ4v) is 1.23. The summed E-state index contributed by atoms with van der Waals surface area (Å²) in [7, 11) is 0. The van der Waals surface area contributed by atoms with Gasteiger partial charge in [0, 0.05) is 13.5 Å². The van der Waals surface area contributed by atoms with Crippen LogP contribution in [0.15, 0.2) is 0 Å². The normalized spacial score (nSPS) is 9.94. The second-order valence-corrected chi connectivity index (χ2v) is 3.87. The minimum absolute atomic E-state index is 0.0686. The molecule has 0 rings (SSSR count). The number of nitrogens with zero attached hydrogens (tertiary/aromatic N) is 1. The molecule has 4 heteroatoms. The van der Waals surface area contributed by atoms with Crippen molar-refractivity contribution in [2.45, 2.75) is 46.5 Å². The first-order valence-electron chi connectivity index (χ1n) is 6.02. The lowest BCUT2D eigenvalue weighted by Crippen LogP contribution is -2.35. The first-order valence-corrected chi connectivity index (χ1v) is 6.02. The lowest BCUT2D eigenvalue weighted by Gasteiger charge is -2.19. The fraction of sp³-hybridized carbons (Fsp3) is 0.833. The predicted octanol–water partition coefficient (Wildman–Crippen LogP) is 1.98. The van der Waals surface area contributed by atoms with Crippen molar-refractivity contribution in [3.63, 3.8) is 0 Å². The van der Waals surface area contributed by atoms with E-state index in [4.69, 9.17) is 4.74 Å². The largest absolute Gasteiger partial charge is 0.464 e. The van der Waals surface area contributed by atoms with Gasteiger partial charge in [0.2, 0.25) is 5.91 Å². The second-order valence-electron chi connectivity index (χ2n) is 3.87. The number of rotatable bonds is 8. The number of amides is 1. The zero-order chi connectivity index (χ0) is 12.4. The molecule has 0 saturated heterocycles. The van der Waals surface area contributed by atoms with Crippen LogP contribution in [-0.4, -0.2) is 36.5 Å².